The third-order valence-corrected chi connectivity index (χ3v) is 4.90. The second-order valence-electron chi connectivity index (χ2n) is 7.27. The Hall–Kier alpha value is -3.13. The number of carbonyl (C=O) groups is 2. The van der Waals surface area contributed by atoms with Gasteiger partial charge >= 0.3 is 6.03 Å². The summed E-state index contributed by atoms with van der Waals surface area (Å²) in [5.74, 6) is -0.0885. The molecule has 1 aliphatic heterocycles. The number of nitrogens with zero attached hydrogens (tertiary/aromatic N) is 2. The number of ether oxygens (including phenoxy) is 2. The molecular formula is C22H28N4O4. The van der Waals surface area contributed by atoms with Crippen molar-refractivity contribution >= 4 is 23.3 Å². The standard InChI is InChI=1S/C22H28N4O4/c1-16-6-3-8-18(14-16)24-22(28)26-11-5-7-17(15-26)20(27)25-19-9-4-10-23-21(19)30-13-12-29-2/h3-4,6,8-10,14,17H,5,7,11-13,15H2,1-2H3,(H,24,28)(H,25,27). The van der Waals surface area contributed by atoms with Crippen LogP contribution in [0.15, 0.2) is 42.6 Å². The van der Waals surface area contributed by atoms with E-state index < -0.39 is 0 Å². The molecule has 0 bridgehead atoms. The van der Waals surface area contributed by atoms with Crippen molar-refractivity contribution in [3.8, 4) is 5.88 Å². The maximum Gasteiger partial charge on any atom is 0.321 e. The summed E-state index contributed by atoms with van der Waals surface area (Å²) in [5.41, 5.74) is 2.34. The second-order valence-corrected chi connectivity index (χ2v) is 7.27. The molecule has 1 aromatic heterocycles. The van der Waals surface area contributed by atoms with E-state index >= 15 is 0 Å². The fraction of sp³-hybridized carbons (Fsp3) is 0.409. The minimum Gasteiger partial charge on any atom is -0.474 e. The summed E-state index contributed by atoms with van der Waals surface area (Å²) in [5, 5.41) is 5.81. The van der Waals surface area contributed by atoms with Crippen molar-refractivity contribution in [2.24, 2.45) is 5.92 Å². The number of methoxy groups -OCH3 is 1. The van der Waals surface area contributed by atoms with Crippen molar-refractivity contribution in [1.82, 2.24) is 9.88 Å². The highest BCUT2D eigenvalue weighted by Crippen LogP contribution is 2.24. The predicted octanol–water partition coefficient (Wildman–Crippen LogP) is 3.30. The van der Waals surface area contributed by atoms with E-state index in [2.05, 4.69) is 15.6 Å². The van der Waals surface area contributed by atoms with E-state index in [4.69, 9.17) is 9.47 Å². The van der Waals surface area contributed by atoms with Gasteiger partial charge in [-0.2, -0.15) is 0 Å². The Morgan fingerprint density at radius 1 is 1.20 bits per heavy atom. The maximum atomic E-state index is 12.8. The molecule has 0 aliphatic carbocycles. The maximum absolute atomic E-state index is 12.8. The van der Waals surface area contributed by atoms with Crippen LogP contribution in [0.1, 0.15) is 18.4 Å². The fourth-order valence-corrected chi connectivity index (χ4v) is 3.36. The van der Waals surface area contributed by atoms with Crippen molar-refractivity contribution in [3.63, 3.8) is 0 Å². The van der Waals surface area contributed by atoms with Gasteiger partial charge in [-0.1, -0.05) is 12.1 Å². The highest BCUT2D eigenvalue weighted by molar-refractivity contribution is 5.95. The molecule has 3 amide bonds. The summed E-state index contributed by atoms with van der Waals surface area (Å²) in [6, 6.07) is 10.9. The predicted molar refractivity (Wildman–Crippen MR) is 115 cm³/mol. The van der Waals surface area contributed by atoms with Gasteiger partial charge < -0.3 is 25.0 Å². The van der Waals surface area contributed by atoms with Crippen molar-refractivity contribution < 1.29 is 19.1 Å². The lowest BCUT2D eigenvalue weighted by molar-refractivity contribution is -0.121. The van der Waals surface area contributed by atoms with Gasteiger partial charge in [-0.25, -0.2) is 9.78 Å². The van der Waals surface area contributed by atoms with E-state index in [1.807, 2.05) is 31.2 Å². The summed E-state index contributed by atoms with van der Waals surface area (Å²) < 4.78 is 10.6. The highest BCUT2D eigenvalue weighted by atomic mass is 16.5. The molecule has 160 valence electrons. The van der Waals surface area contributed by atoms with Crippen LogP contribution in [0.2, 0.25) is 0 Å². The third kappa shape index (κ3) is 5.93. The number of aryl methyl sites for hydroxylation is 1. The lowest BCUT2D eigenvalue weighted by Crippen LogP contribution is -2.45. The normalized spacial score (nSPS) is 16.1. The van der Waals surface area contributed by atoms with Crippen LogP contribution in [-0.2, 0) is 9.53 Å². The number of rotatable bonds is 7. The molecule has 30 heavy (non-hydrogen) atoms. The van der Waals surface area contributed by atoms with Crippen molar-refractivity contribution in [1.29, 1.82) is 0 Å². The van der Waals surface area contributed by atoms with Crippen LogP contribution >= 0.6 is 0 Å². The summed E-state index contributed by atoms with van der Waals surface area (Å²) in [6.07, 6.45) is 3.10. The first-order valence-corrected chi connectivity index (χ1v) is 10.1. The number of anilines is 2. The van der Waals surface area contributed by atoms with Crippen LogP contribution in [0.25, 0.3) is 0 Å². The van der Waals surface area contributed by atoms with Crippen LogP contribution in [0.5, 0.6) is 5.88 Å². The van der Waals surface area contributed by atoms with Gasteiger partial charge in [-0.15, -0.1) is 0 Å². The van der Waals surface area contributed by atoms with Crippen molar-refractivity contribution in [2.75, 3.05) is 44.0 Å². The molecule has 1 saturated heterocycles. The number of benzene rings is 1. The molecule has 8 heteroatoms. The molecule has 1 aliphatic rings. The molecule has 1 fully saturated rings. The minimum atomic E-state index is -0.297. The first-order chi connectivity index (χ1) is 14.6. The topological polar surface area (TPSA) is 92.8 Å². The smallest absolute Gasteiger partial charge is 0.321 e. The molecule has 8 nitrogen and oxygen atoms in total. The minimum absolute atomic E-state index is 0.146. The second kappa shape index (κ2) is 10.6. The van der Waals surface area contributed by atoms with E-state index in [1.54, 1.807) is 30.3 Å². The SMILES string of the molecule is COCCOc1ncccc1NC(=O)C1CCCN(C(=O)Nc2cccc(C)c2)C1. The largest absolute Gasteiger partial charge is 0.474 e. The third-order valence-electron chi connectivity index (χ3n) is 4.90. The van der Waals surface area contributed by atoms with Crippen LogP contribution in [0.4, 0.5) is 16.2 Å². The zero-order valence-electron chi connectivity index (χ0n) is 17.4. The summed E-state index contributed by atoms with van der Waals surface area (Å²) in [6.45, 7) is 3.73. The van der Waals surface area contributed by atoms with E-state index in [0.29, 0.717) is 37.9 Å². The first-order valence-electron chi connectivity index (χ1n) is 10.1. The molecule has 2 N–H and O–H groups in total. The fourth-order valence-electron chi connectivity index (χ4n) is 3.36. The number of likely N-dealkylation sites (tertiary alicyclic amines) is 1. The number of nitrogens with one attached hydrogen (secondary N) is 2. The Kier molecular flexibility index (Phi) is 7.62. The van der Waals surface area contributed by atoms with Crippen LogP contribution in [0, 0.1) is 12.8 Å². The van der Waals surface area contributed by atoms with E-state index in [0.717, 1.165) is 24.1 Å². The first kappa shape index (κ1) is 21.6. The Labute approximate surface area is 176 Å². The molecule has 1 atom stereocenters. The Balaban J connectivity index is 1.58. The van der Waals surface area contributed by atoms with Gasteiger partial charge in [-0.3, -0.25) is 4.79 Å². The average molecular weight is 412 g/mol. The number of amides is 3. The van der Waals surface area contributed by atoms with Gasteiger partial charge in [0.2, 0.25) is 11.8 Å². The summed E-state index contributed by atoms with van der Waals surface area (Å²) >= 11 is 0. The van der Waals surface area contributed by atoms with Gasteiger partial charge in [0.25, 0.3) is 0 Å². The number of hydrogen-bond donors (Lipinski definition) is 2. The van der Waals surface area contributed by atoms with Crippen molar-refractivity contribution in [3.05, 3.63) is 48.2 Å². The van der Waals surface area contributed by atoms with Crippen molar-refractivity contribution in [2.45, 2.75) is 19.8 Å². The van der Waals surface area contributed by atoms with E-state index in [1.165, 1.54) is 0 Å². The Morgan fingerprint density at radius 3 is 2.87 bits per heavy atom. The van der Waals surface area contributed by atoms with Gasteiger partial charge in [0.05, 0.1) is 12.5 Å². The number of aromatic nitrogens is 1. The Morgan fingerprint density at radius 2 is 2.07 bits per heavy atom. The van der Waals surface area contributed by atoms with E-state index in [-0.39, 0.29) is 17.9 Å². The number of pyridine rings is 1. The van der Waals surface area contributed by atoms with Gasteiger partial charge in [-0.05, 0) is 49.6 Å². The number of carbonyl (C=O) groups excluding carboxylic acids is 2. The summed E-state index contributed by atoms with van der Waals surface area (Å²) in [4.78, 5) is 31.4. The molecule has 2 aromatic rings. The molecule has 1 aromatic carbocycles. The zero-order valence-corrected chi connectivity index (χ0v) is 17.4. The molecular weight excluding hydrogens is 384 g/mol. The number of piperidine rings is 1. The van der Waals surface area contributed by atoms with Crippen LogP contribution < -0.4 is 15.4 Å². The van der Waals surface area contributed by atoms with Crippen LogP contribution in [-0.4, -0.2) is 55.2 Å². The van der Waals surface area contributed by atoms with Gasteiger partial charge in [0.1, 0.15) is 12.3 Å². The molecule has 3 rings (SSSR count). The highest BCUT2D eigenvalue weighted by Gasteiger charge is 2.29. The van der Waals surface area contributed by atoms with Gasteiger partial charge in [0.15, 0.2) is 0 Å². The van der Waals surface area contributed by atoms with Gasteiger partial charge in [0, 0.05) is 32.1 Å². The molecule has 0 spiro atoms. The summed E-state index contributed by atoms with van der Waals surface area (Å²) in [7, 11) is 1.59. The lowest BCUT2D eigenvalue weighted by Gasteiger charge is -2.32. The monoisotopic (exact) mass is 412 g/mol. The molecule has 0 radical (unpaired) electrons. The Bertz CT molecular complexity index is 874. The molecule has 0 saturated carbocycles. The zero-order chi connectivity index (χ0) is 21.3. The quantitative estimate of drug-likeness (QED) is 0.681. The number of urea groups is 1. The number of hydrogen-bond acceptors (Lipinski definition) is 5. The lowest BCUT2D eigenvalue weighted by atomic mass is 9.97. The van der Waals surface area contributed by atoms with Crippen LogP contribution in [0.3, 0.4) is 0 Å². The molecule has 1 unspecified atom stereocenters. The van der Waals surface area contributed by atoms with E-state index in [9.17, 15) is 9.59 Å². The average Bonchev–Trinajstić information content (AvgIpc) is 2.75. The molecule has 2 heterocycles.